The molecule has 0 bridgehead atoms. The molecule has 0 radical (unpaired) electrons. The first-order valence-corrected chi connectivity index (χ1v) is 4.69. The molecule has 0 saturated carbocycles. The van der Waals surface area contributed by atoms with Crippen molar-refractivity contribution in [1.29, 1.82) is 0 Å². The van der Waals surface area contributed by atoms with Crippen LogP contribution in [-0.4, -0.2) is 19.7 Å². The molecule has 0 aromatic carbocycles. The van der Waals surface area contributed by atoms with Crippen molar-refractivity contribution >= 4 is 10.1 Å². The van der Waals surface area contributed by atoms with Crippen molar-refractivity contribution in [2.75, 3.05) is 6.26 Å². The monoisotopic (exact) mass is 173 g/mol. The molecular formula is C6H7NO3S. The van der Waals surface area contributed by atoms with E-state index < -0.39 is 10.1 Å². The van der Waals surface area contributed by atoms with Crippen LogP contribution in [0.5, 0.6) is 5.75 Å². The Hall–Kier alpha value is -1.10. The van der Waals surface area contributed by atoms with Crippen molar-refractivity contribution in [2.24, 2.45) is 0 Å². The summed E-state index contributed by atoms with van der Waals surface area (Å²) in [6.45, 7) is 0. The van der Waals surface area contributed by atoms with E-state index in [1.54, 1.807) is 0 Å². The van der Waals surface area contributed by atoms with Gasteiger partial charge in [0.2, 0.25) is 0 Å². The van der Waals surface area contributed by atoms with Gasteiger partial charge < -0.3 is 4.18 Å². The van der Waals surface area contributed by atoms with Gasteiger partial charge in [0.25, 0.3) is 0 Å². The summed E-state index contributed by atoms with van der Waals surface area (Å²) >= 11 is 0. The summed E-state index contributed by atoms with van der Waals surface area (Å²) in [7, 11) is -3.40. The topological polar surface area (TPSA) is 56.3 Å². The maximum Gasteiger partial charge on any atom is 0.306 e. The molecule has 1 rings (SSSR count). The fraction of sp³-hybridized carbons (Fsp3) is 0.167. The predicted molar refractivity (Wildman–Crippen MR) is 39.7 cm³/mol. The Morgan fingerprint density at radius 3 is 2.36 bits per heavy atom. The van der Waals surface area contributed by atoms with E-state index in [2.05, 4.69) is 9.17 Å². The Morgan fingerprint density at radius 2 is 1.91 bits per heavy atom. The van der Waals surface area contributed by atoms with Gasteiger partial charge in [-0.05, 0) is 0 Å². The van der Waals surface area contributed by atoms with Crippen LogP contribution in [0.3, 0.4) is 0 Å². The zero-order valence-electron chi connectivity index (χ0n) is 5.89. The molecule has 0 spiro atoms. The van der Waals surface area contributed by atoms with Crippen LogP contribution in [0.1, 0.15) is 0 Å². The highest BCUT2D eigenvalue weighted by molar-refractivity contribution is 7.86. The third-order valence-corrected chi connectivity index (χ3v) is 1.39. The molecule has 0 atom stereocenters. The summed E-state index contributed by atoms with van der Waals surface area (Å²) in [5.74, 6) is 0.280. The van der Waals surface area contributed by atoms with E-state index in [0.29, 0.717) is 0 Å². The largest absolute Gasteiger partial charge is 0.382 e. The predicted octanol–water partition coefficient (Wildman–Crippen LogP) is 0.420. The standard InChI is InChI=1S/C6H7NO3S/c1-11(8,9)10-6-2-4-7-5-3-6/h2-5H,1H3. The summed E-state index contributed by atoms with van der Waals surface area (Å²) in [4.78, 5) is 3.70. The molecule has 0 aliphatic rings. The SMILES string of the molecule is CS(=O)(=O)Oc1ccncc1. The average molecular weight is 173 g/mol. The highest BCUT2D eigenvalue weighted by Crippen LogP contribution is 2.08. The van der Waals surface area contributed by atoms with E-state index in [9.17, 15) is 8.42 Å². The molecule has 0 aliphatic carbocycles. The molecule has 4 nitrogen and oxygen atoms in total. The maximum atomic E-state index is 10.6. The van der Waals surface area contributed by atoms with Crippen molar-refractivity contribution in [3.8, 4) is 5.75 Å². The first kappa shape index (κ1) is 8.00. The highest BCUT2D eigenvalue weighted by atomic mass is 32.2. The third kappa shape index (κ3) is 2.99. The van der Waals surface area contributed by atoms with E-state index in [0.717, 1.165) is 6.26 Å². The Labute approximate surface area is 65.0 Å². The minimum absolute atomic E-state index is 0.280. The van der Waals surface area contributed by atoms with Crippen LogP contribution >= 0.6 is 0 Å². The van der Waals surface area contributed by atoms with Crippen LogP contribution in [0.15, 0.2) is 24.5 Å². The Kier molecular flexibility index (Phi) is 2.09. The lowest BCUT2D eigenvalue weighted by atomic mass is 10.5. The van der Waals surface area contributed by atoms with Gasteiger partial charge in [0.15, 0.2) is 0 Å². The smallest absolute Gasteiger partial charge is 0.306 e. The highest BCUT2D eigenvalue weighted by Gasteiger charge is 2.01. The van der Waals surface area contributed by atoms with Crippen molar-refractivity contribution in [1.82, 2.24) is 4.98 Å². The zero-order chi connectivity index (χ0) is 8.32. The molecular weight excluding hydrogens is 166 g/mol. The summed E-state index contributed by atoms with van der Waals surface area (Å²) in [6.07, 6.45) is 3.91. The van der Waals surface area contributed by atoms with Crippen LogP contribution in [0.2, 0.25) is 0 Å². The summed E-state index contributed by atoms with van der Waals surface area (Å²) in [6, 6.07) is 2.95. The number of hydrogen-bond acceptors (Lipinski definition) is 4. The average Bonchev–Trinajstić information content (AvgIpc) is 1.85. The molecule has 0 saturated heterocycles. The molecule has 60 valence electrons. The molecule has 5 heteroatoms. The molecule has 0 unspecified atom stereocenters. The Bertz CT molecular complexity index is 319. The van der Waals surface area contributed by atoms with Gasteiger partial charge in [-0.2, -0.15) is 8.42 Å². The van der Waals surface area contributed by atoms with Gasteiger partial charge in [0.05, 0.1) is 6.26 Å². The van der Waals surface area contributed by atoms with Gasteiger partial charge in [-0.25, -0.2) is 0 Å². The van der Waals surface area contributed by atoms with Crippen molar-refractivity contribution in [3.05, 3.63) is 24.5 Å². The number of aromatic nitrogens is 1. The third-order valence-electron chi connectivity index (χ3n) is 0.897. The molecule has 0 aliphatic heterocycles. The lowest BCUT2D eigenvalue weighted by Gasteiger charge is -1.99. The summed E-state index contributed by atoms with van der Waals surface area (Å²) < 4.78 is 25.6. The lowest BCUT2D eigenvalue weighted by Crippen LogP contribution is -2.05. The Morgan fingerprint density at radius 1 is 1.36 bits per heavy atom. The first-order valence-electron chi connectivity index (χ1n) is 2.87. The first-order chi connectivity index (χ1) is 5.08. The van der Waals surface area contributed by atoms with Crippen LogP contribution < -0.4 is 4.18 Å². The zero-order valence-corrected chi connectivity index (χ0v) is 6.71. The fourth-order valence-electron chi connectivity index (χ4n) is 0.569. The lowest BCUT2D eigenvalue weighted by molar-refractivity contribution is 0.492. The molecule has 0 N–H and O–H groups in total. The van der Waals surface area contributed by atoms with Crippen molar-refractivity contribution in [2.45, 2.75) is 0 Å². The second-order valence-electron chi connectivity index (χ2n) is 1.97. The molecule has 1 aromatic heterocycles. The number of hydrogen-bond donors (Lipinski definition) is 0. The van der Waals surface area contributed by atoms with E-state index in [1.165, 1.54) is 24.5 Å². The molecule has 0 amide bonds. The number of rotatable bonds is 2. The van der Waals surface area contributed by atoms with Crippen LogP contribution in [0.25, 0.3) is 0 Å². The number of nitrogens with zero attached hydrogens (tertiary/aromatic N) is 1. The normalized spacial score (nSPS) is 11.0. The second kappa shape index (κ2) is 2.87. The van der Waals surface area contributed by atoms with Gasteiger partial charge in [-0.3, -0.25) is 4.98 Å². The molecule has 0 fully saturated rings. The maximum absolute atomic E-state index is 10.6. The summed E-state index contributed by atoms with van der Waals surface area (Å²) in [5, 5.41) is 0. The van der Waals surface area contributed by atoms with Crippen LogP contribution in [-0.2, 0) is 10.1 Å². The van der Waals surface area contributed by atoms with E-state index in [1.807, 2.05) is 0 Å². The molecule has 1 heterocycles. The van der Waals surface area contributed by atoms with Crippen molar-refractivity contribution in [3.63, 3.8) is 0 Å². The molecule has 1 aromatic rings. The Balaban J connectivity index is 2.82. The van der Waals surface area contributed by atoms with E-state index >= 15 is 0 Å². The van der Waals surface area contributed by atoms with Gasteiger partial charge in [0, 0.05) is 24.5 Å². The van der Waals surface area contributed by atoms with E-state index in [-0.39, 0.29) is 5.75 Å². The quantitative estimate of drug-likeness (QED) is 0.608. The number of pyridine rings is 1. The van der Waals surface area contributed by atoms with Crippen LogP contribution in [0.4, 0.5) is 0 Å². The van der Waals surface area contributed by atoms with Gasteiger partial charge in [-0.1, -0.05) is 0 Å². The van der Waals surface area contributed by atoms with Gasteiger partial charge in [-0.15, -0.1) is 0 Å². The van der Waals surface area contributed by atoms with Crippen LogP contribution in [0, 0.1) is 0 Å². The van der Waals surface area contributed by atoms with E-state index in [4.69, 9.17) is 0 Å². The van der Waals surface area contributed by atoms with Crippen molar-refractivity contribution < 1.29 is 12.6 Å². The van der Waals surface area contributed by atoms with Gasteiger partial charge in [0.1, 0.15) is 5.75 Å². The molecule has 11 heavy (non-hydrogen) atoms. The fourth-order valence-corrected chi connectivity index (χ4v) is 1.03. The summed E-state index contributed by atoms with van der Waals surface area (Å²) in [5.41, 5.74) is 0. The minimum Gasteiger partial charge on any atom is -0.382 e. The second-order valence-corrected chi connectivity index (χ2v) is 3.55. The minimum atomic E-state index is -3.40. The van der Waals surface area contributed by atoms with Gasteiger partial charge >= 0.3 is 10.1 Å².